The fourth-order valence-electron chi connectivity index (χ4n) is 2.62. The Morgan fingerprint density at radius 3 is 2.42 bits per heavy atom. The number of carbonyl (C=O) groups is 1. The average molecular weight is 466 g/mol. The second-order valence-electron chi connectivity index (χ2n) is 7.90. The Hall–Kier alpha value is -2.76. The number of aromatic nitrogens is 2. The van der Waals surface area contributed by atoms with Crippen LogP contribution in [0.15, 0.2) is 47.4 Å². The van der Waals surface area contributed by atoms with Crippen LogP contribution < -0.4 is 4.18 Å². The molecule has 0 aliphatic rings. The molecule has 0 saturated heterocycles. The van der Waals surface area contributed by atoms with E-state index in [0.717, 1.165) is 11.7 Å². The third-order valence-electron chi connectivity index (χ3n) is 4.14. The molecule has 166 valence electrons. The standard InChI is InChI=1S/C20H23N3O6S2/c1-20(2,3)28-19(25)23(4)12-18(24)13-5-7-14(8-6-13)29-31(26,27)15-9-10-16-17(11-15)22-30-21-16/h5-11,18,24H,12H2,1-4H3. The van der Waals surface area contributed by atoms with E-state index in [-0.39, 0.29) is 17.2 Å². The van der Waals surface area contributed by atoms with E-state index in [2.05, 4.69) is 8.75 Å². The van der Waals surface area contributed by atoms with E-state index in [1.54, 1.807) is 26.8 Å². The first-order valence-electron chi connectivity index (χ1n) is 9.33. The van der Waals surface area contributed by atoms with Crippen LogP contribution in [-0.2, 0) is 14.9 Å². The van der Waals surface area contributed by atoms with Gasteiger partial charge in [-0.3, -0.25) is 0 Å². The van der Waals surface area contributed by atoms with Gasteiger partial charge in [-0.2, -0.15) is 17.2 Å². The number of nitrogens with zero attached hydrogens (tertiary/aromatic N) is 3. The summed E-state index contributed by atoms with van der Waals surface area (Å²) in [7, 11) is -2.53. The fraction of sp³-hybridized carbons (Fsp3) is 0.350. The molecule has 0 saturated carbocycles. The van der Waals surface area contributed by atoms with Gasteiger partial charge in [0.15, 0.2) is 0 Å². The summed E-state index contributed by atoms with van der Waals surface area (Å²) < 4.78 is 43.6. The van der Waals surface area contributed by atoms with Gasteiger partial charge in [-0.1, -0.05) is 12.1 Å². The lowest BCUT2D eigenvalue weighted by Crippen LogP contribution is -2.36. The first-order valence-corrected chi connectivity index (χ1v) is 11.5. The summed E-state index contributed by atoms with van der Waals surface area (Å²) in [6, 6.07) is 10.3. The second kappa shape index (κ2) is 8.77. The molecule has 0 radical (unpaired) electrons. The summed E-state index contributed by atoms with van der Waals surface area (Å²) >= 11 is 0.997. The summed E-state index contributed by atoms with van der Waals surface area (Å²) in [5, 5.41) is 10.4. The van der Waals surface area contributed by atoms with Crippen LogP contribution in [0.4, 0.5) is 4.79 Å². The third kappa shape index (κ3) is 5.90. The largest absolute Gasteiger partial charge is 0.444 e. The molecule has 2 aromatic carbocycles. The highest BCUT2D eigenvalue weighted by molar-refractivity contribution is 7.87. The zero-order valence-electron chi connectivity index (χ0n) is 17.5. The van der Waals surface area contributed by atoms with Crippen molar-refractivity contribution in [2.24, 2.45) is 0 Å². The molecule has 1 atom stereocenters. The maximum atomic E-state index is 12.5. The van der Waals surface area contributed by atoms with Crippen molar-refractivity contribution in [2.75, 3.05) is 13.6 Å². The van der Waals surface area contributed by atoms with Crippen LogP contribution in [0.3, 0.4) is 0 Å². The van der Waals surface area contributed by atoms with Crippen molar-refractivity contribution in [1.29, 1.82) is 0 Å². The molecule has 1 N–H and O–H groups in total. The Morgan fingerprint density at radius 1 is 1.13 bits per heavy atom. The van der Waals surface area contributed by atoms with E-state index in [9.17, 15) is 18.3 Å². The smallest absolute Gasteiger partial charge is 0.410 e. The Labute approximate surface area is 184 Å². The van der Waals surface area contributed by atoms with Crippen LogP contribution in [0.1, 0.15) is 32.4 Å². The molecule has 1 heterocycles. The molecule has 0 bridgehead atoms. The summed E-state index contributed by atoms with van der Waals surface area (Å²) in [4.78, 5) is 13.3. The highest BCUT2D eigenvalue weighted by Crippen LogP contribution is 2.24. The SMILES string of the molecule is CN(CC(O)c1ccc(OS(=O)(=O)c2ccc3nsnc3c2)cc1)C(=O)OC(C)(C)C. The van der Waals surface area contributed by atoms with E-state index >= 15 is 0 Å². The Balaban J connectivity index is 1.65. The predicted octanol–water partition coefficient (Wildman–Crippen LogP) is 3.36. The van der Waals surface area contributed by atoms with Crippen molar-refractivity contribution in [3.63, 3.8) is 0 Å². The van der Waals surface area contributed by atoms with Crippen molar-refractivity contribution in [3.05, 3.63) is 48.0 Å². The van der Waals surface area contributed by atoms with E-state index in [4.69, 9.17) is 8.92 Å². The van der Waals surface area contributed by atoms with Gasteiger partial charge in [-0.05, 0) is 56.7 Å². The maximum Gasteiger partial charge on any atom is 0.410 e. The van der Waals surface area contributed by atoms with E-state index in [0.29, 0.717) is 16.6 Å². The molecule has 3 aromatic rings. The molecule has 0 fully saturated rings. The molecular weight excluding hydrogens is 442 g/mol. The van der Waals surface area contributed by atoms with Crippen LogP contribution in [0.5, 0.6) is 5.75 Å². The number of benzene rings is 2. The molecule has 31 heavy (non-hydrogen) atoms. The quantitative estimate of drug-likeness (QED) is 0.551. The monoisotopic (exact) mass is 465 g/mol. The van der Waals surface area contributed by atoms with Crippen LogP contribution in [0.2, 0.25) is 0 Å². The third-order valence-corrected chi connectivity index (χ3v) is 5.94. The topological polar surface area (TPSA) is 119 Å². The zero-order chi connectivity index (χ0) is 22.8. The lowest BCUT2D eigenvalue weighted by molar-refractivity contribution is 0.0205. The van der Waals surface area contributed by atoms with E-state index in [1.165, 1.54) is 48.3 Å². The predicted molar refractivity (Wildman–Crippen MR) is 115 cm³/mol. The van der Waals surface area contributed by atoms with Crippen molar-refractivity contribution in [3.8, 4) is 5.75 Å². The number of hydrogen-bond acceptors (Lipinski definition) is 9. The number of ether oxygens (including phenoxy) is 1. The van der Waals surface area contributed by atoms with Crippen LogP contribution >= 0.6 is 11.7 Å². The highest BCUT2D eigenvalue weighted by Gasteiger charge is 2.22. The number of fused-ring (bicyclic) bond motifs is 1. The van der Waals surface area contributed by atoms with Crippen LogP contribution in [-0.4, -0.2) is 52.5 Å². The minimum Gasteiger partial charge on any atom is -0.444 e. The van der Waals surface area contributed by atoms with Gasteiger partial charge in [0.2, 0.25) is 0 Å². The Bertz CT molecular complexity index is 1170. The van der Waals surface area contributed by atoms with E-state index in [1.807, 2.05) is 0 Å². The van der Waals surface area contributed by atoms with Gasteiger partial charge in [0.1, 0.15) is 27.3 Å². The number of hydrogen-bond donors (Lipinski definition) is 1. The number of aliphatic hydroxyl groups excluding tert-OH is 1. The number of rotatable bonds is 6. The number of likely N-dealkylation sites (N-methyl/N-ethyl adjacent to an activating group) is 1. The summed E-state index contributed by atoms with van der Waals surface area (Å²) in [5.41, 5.74) is 0.942. The van der Waals surface area contributed by atoms with Crippen molar-refractivity contribution >= 4 is 39.0 Å². The van der Waals surface area contributed by atoms with Crippen molar-refractivity contribution < 1.29 is 27.2 Å². The normalized spacial score (nSPS) is 13.1. The molecule has 1 amide bonds. The number of aliphatic hydroxyl groups is 1. The average Bonchev–Trinajstić information content (AvgIpc) is 3.14. The van der Waals surface area contributed by atoms with Gasteiger partial charge in [-0.25, -0.2) is 4.79 Å². The van der Waals surface area contributed by atoms with E-state index < -0.39 is 27.9 Å². The number of amides is 1. The minimum absolute atomic E-state index is 0.00903. The Morgan fingerprint density at radius 2 is 1.77 bits per heavy atom. The van der Waals surface area contributed by atoms with Gasteiger partial charge in [0, 0.05) is 7.05 Å². The summed E-state index contributed by atoms with van der Waals surface area (Å²) in [6.07, 6.45) is -1.53. The first kappa shape index (κ1) is 22.9. The molecule has 0 spiro atoms. The minimum atomic E-state index is -4.06. The molecule has 0 aliphatic carbocycles. The summed E-state index contributed by atoms with van der Waals surface area (Å²) in [5.74, 6) is 0.0907. The van der Waals surface area contributed by atoms with Gasteiger partial charge < -0.3 is 18.9 Å². The van der Waals surface area contributed by atoms with Gasteiger partial charge in [0.25, 0.3) is 0 Å². The fourth-order valence-corrected chi connectivity index (χ4v) is 4.09. The lowest BCUT2D eigenvalue weighted by Gasteiger charge is -2.26. The molecular formula is C20H23N3O6S2. The van der Waals surface area contributed by atoms with Crippen LogP contribution in [0, 0.1) is 0 Å². The summed E-state index contributed by atoms with van der Waals surface area (Å²) in [6.45, 7) is 5.28. The van der Waals surface area contributed by atoms with Crippen LogP contribution in [0.25, 0.3) is 11.0 Å². The maximum absolute atomic E-state index is 12.5. The molecule has 3 rings (SSSR count). The molecule has 0 aliphatic heterocycles. The van der Waals surface area contributed by atoms with Gasteiger partial charge in [-0.15, -0.1) is 0 Å². The number of carbonyl (C=O) groups excluding carboxylic acids is 1. The molecule has 9 nitrogen and oxygen atoms in total. The first-order chi connectivity index (χ1) is 14.4. The van der Waals surface area contributed by atoms with Crippen molar-refractivity contribution in [2.45, 2.75) is 37.4 Å². The van der Waals surface area contributed by atoms with Gasteiger partial charge in [0.05, 0.1) is 24.4 Å². The Kier molecular flexibility index (Phi) is 6.48. The molecule has 1 unspecified atom stereocenters. The lowest BCUT2D eigenvalue weighted by atomic mass is 10.1. The zero-order valence-corrected chi connectivity index (χ0v) is 19.1. The highest BCUT2D eigenvalue weighted by atomic mass is 32.2. The molecule has 11 heteroatoms. The molecule has 1 aromatic heterocycles. The van der Waals surface area contributed by atoms with Crippen molar-refractivity contribution in [1.82, 2.24) is 13.6 Å². The van der Waals surface area contributed by atoms with Gasteiger partial charge >= 0.3 is 16.2 Å². The second-order valence-corrected chi connectivity index (χ2v) is 9.97.